The molecule has 0 saturated heterocycles. The number of carbonyl (C=O) groups excluding carboxylic acids is 1. The van der Waals surface area contributed by atoms with Gasteiger partial charge in [-0.15, -0.1) is 0 Å². The highest BCUT2D eigenvalue weighted by Crippen LogP contribution is 2.31. The summed E-state index contributed by atoms with van der Waals surface area (Å²) in [6, 6.07) is 7.13. The molecular formula is C18H19N5O3. The first-order chi connectivity index (χ1) is 12.5. The van der Waals surface area contributed by atoms with Gasteiger partial charge < -0.3 is 19.8 Å². The van der Waals surface area contributed by atoms with Gasteiger partial charge in [-0.1, -0.05) is 0 Å². The van der Waals surface area contributed by atoms with Gasteiger partial charge in [-0.25, -0.2) is 19.7 Å². The monoisotopic (exact) mass is 353 g/mol. The molecule has 2 heterocycles. The second-order valence-corrected chi connectivity index (χ2v) is 5.64. The number of rotatable bonds is 5. The van der Waals surface area contributed by atoms with Crippen molar-refractivity contribution < 1.29 is 14.3 Å². The van der Waals surface area contributed by atoms with Gasteiger partial charge in [0.1, 0.15) is 11.6 Å². The summed E-state index contributed by atoms with van der Waals surface area (Å²) in [5.41, 5.74) is 3.30. The molecule has 0 amide bonds. The maximum Gasteiger partial charge on any atom is 0.356 e. The molecule has 0 fully saturated rings. The van der Waals surface area contributed by atoms with Crippen molar-refractivity contribution in [1.29, 1.82) is 0 Å². The smallest absolute Gasteiger partial charge is 0.356 e. The fourth-order valence-electron chi connectivity index (χ4n) is 2.48. The van der Waals surface area contributed by atoms with Gasteiger partial charge >= 0.3 is 5.97 Å². The molecule has 0 aliphatic carbocycles. The van der Waals surface area contributed by atoms with Crippen LogP contribution in [0, 0.1) is 13.8 Å². The third-order valence-corrected chi connectivity index (χ3v) is 3.67. The van der Waals surface area contributed by atoms with Crippen molar-refractivity contribution in [1.82, 2.24) is 19.9 Å². The molecular weight excluding hydrogens is 334 g/mol. The summed E-state index contributed by atoms with van der Waals surface area (Å²) in [6.45, 7) is 3.69. The van der Waals surface area contributed by atoms with E-state index >= 15 is 0 Å². The number of aromatic amines is 1. The summed E-state index contributed by atoms with van der Waals surface area (Å²) in [5.74, 6) is 1.16. The van der Waals surface area contributed by atoms with E-state index in [9.17, 15) is 4.79 Å². The number of hydrogen-bond acceptors (Lipinski definition) is 7. The predicted octanol–water partition coefficient (Wildman–Crippen LogP) is 3.02. The van der Waals surface area contributed by atoms with Crippen LogP contribution in [0.2, 0.25) is 0 Å². The van der Waals surface area contributed by atoms with E-state index in [-0.39, 0.29) is 5.69 Å². The normalized spacial score (nSPS) is 10.5. The van der Waals surface area contributed by atoms with Crippen LogP contribution < -0.4 is 10.1 Å². The second kappa shape index (κ2) is 7.22. The molecule has 0 unspecified atom stereocenters. The first kappa shape index (κ1) is 17.4. The molecule has 134 valence electrons. The number of H-pyrrole nitrogens is 1. The number of ether oxygens (including phenoxy) is 2. The summed E-state index contributed by atoms with van der Waals surface area (Å²) in [6.07, 6.45) is 1.83. The SMILES string of the molecule is COC(=O)c1cc(C)nc(Nc2ccc(-c3nc(C)c[nH]3)c(OC)c2)n1. The summed E-state index contributed by atoms with van der Waals surface area (Å²) >= 11 is 0. The Morgan fingerprint density at radius 3 is 2.54 bits per heavy atom. The topological polar surface area (TPSA) is 102 Å². The molecule has 8 heteroatoms. The number of aromatic nitrogens is 4. The predicted molar refractivity (Wildman–Crippen MR) is 96.7 cm³/mol. The summed E-state index contributed by atoms with van der Waals surface area (Å²) < 4.78 is 10.2. The Bertz CT molecular complexity index is 952. The van der Waals surface area contributed by atoms with Crippen LogP contribution in [-0.2, 0) is 4.74 Å². The Kier molecular flexibility index (Phi) is 4.83. The average Bonchev–Trinajstić information content (AvgIpc) is 3.06. The Hall–Kier alpha value is -3.42. The summed E-state index contributed by atoms with van der Waals surface area (Å²) in [4.78, 5) is 27.7. The fraction of sp³-hybridized carbons (Fsp3) is 0.222. The van der Waals surface area contributed by atoms with Crippen LogP contribution in [0.3, 0.4) is 0 Å². The van der Waals surface area contributed by atoms with Crippen molar-refractivity contribution in [2.24, 2.45) is 0 Å². The molecule has 3 rings (SSSR count). The van der Waals surface area contributed by atoms with Gasteiger partial charge in [-0.3, -0.25) is 0 Å². The minimum absolute atomic E-state index is 0.192. The summed E-state index contributed by atoms with van der Waals surface area (Å²) in [5, 5.41) is 3.08. The standard InChI is InChI=1S/C18H19N5O3/c1-10-7-14(17(24)26-4)23-18(21-10)22-12-5-6-13(15(8-12)25-3)16-19-9-11(2)20-16/h5-9H,1-4H3,(H,19,20)(H,21,22,23). The number of nitrogens with one attached hydrogen (secondary N) is 2. The van der Waals surface area contributed by atoms with Crippen LogP contribution >= 0.6 is 0 Å². The van der Waals surface area contributed by atoms with E-state index in [1.54, 1.807) is 20.1 Å². The van der Waals surface area contributed by atoms with Crippen molar-refractivity contribution in [3.63, 3.8) is 0 Å². The Balaban J connectivity index is 1.91. The van der Waals surface area contributed by atoms with Crippen LogP contribution in [0.4, 0.5) is 11.6 Å². The number of nitrogens with zero attached hydrogens (tertiary/aromatic N) is 3. The van der Waals surface area contributed by atoms with E-state index in [1.165, 1.54) is 7.11 Å². The highest BCUT2D eigenvalue weighted by Gasteiger charge is 2.13. The minimum Gasteiger partial charge on any atom is -0.496 e. The van der Waals surface area contributed by atoms with Crippen molar-refractivity contribution in [3.05, 3.63) is 47.5 Å². The quantitative estimate of drug-likeness (QED) is 0.680. The zero-order valence-corrected chi connectivity index (χ0v) is 15.0. The lowest BCUT2D eigenvalue weighted by molar-refractivity contribution is 0.0594. The average molecular weight is 353 g/mol. The minimum atomic E-state index is -0.514. The van der Waals surface area contributed by atoms with E-state index in [0.29, 0.717) is 17.4 Å². The van der Waals surface area contributed by atoms with E-state index in [0.717, 1.165) is 22.8 Å². The van der Waals surface area contributed by atoms with Crippen molar-refractivity contribution in [2.45, 2.75) is 13.8 Å². The van der Waals surface area contributed by atoms with E-state index in [1.807, 2.05) is 31.3 Å². The van der Waals surface area contributed by atoms with Gasteiger partial charge in [0.05, 0.1) is 25.5 Å². The van der Waals surface area contributed by atoms with Crippen LogP contribution in [0.1, 0.15) is 21.9 Å². The largest absolute Gasteiger partial charge is 0.496 e. The van der Waals surface area contributed by atoms with Gasteiger partial charge in [0.25, 0.3) is 0 Å². The van der Waals surface area contributed by atoms with E-state index in [4.69, 9.17) is 9.47 Å². The molecule has 3 aromatic rings. The lowest BCUT2D eigenvalue weighted by atomic mass is 10.1. The van der Waals surface area contributed by atoms with Gasteiger partial charge in [-0.05, 0) is 32.0 Å². The number of anilines is 2. The lowest BCUT2D eigenvalue weighted by Crippen LogP contribution is -2.08. The fourth-order valence-corrected chi connectivity index (χ4v) is 2.48. The molecule has 0 atom stereocenters. The number of imidazole rings is 1. The molecule has 26 heavy (non-hydrogen) atoms. The Labute approximate surface area is 150 Å². The molecule has 0 aliphatic heterocycles. The molecule has 2 aromatic heterocycles. The van der Waals surface area contributed by atoms with Gasteiger partial charge in [0.15, 0.2) is 5.69 Å². The first-order valence-electron chi connectivity index (χ1n) is 7.91. The second-order valence-electron chi connectivity index (χ2n) is 5.64. The van der Waals surface area contributed by atoms with Crippen LogP contribution in [-0.4, -0.2) is 40.1 Å². The molecule has 2 N–H and O–H groups in total. The third kappa shape index (κ3) is 3.64. The van der Waals surface area contributed by atoms with Crippen molar-refractivity contribution in [3.8, 4) is 17.1 Å². The maximum atomic E-state index is 11.7. The number of methoxy groups -OCH3 is 2. The molecule has 1 aromatic carbocycles. The Morgan fingerprint density at radius 2 is 1.88 bits per heavy atom. The van der Waals surface area contributed by atoms with E-state index < -0.39 is 5.97 Å². The van der Waals surface area contributed by atoms with E-state index in [2.05, 4.69) is 25.3 Å². The number of carbonyl (C=O) groups is 1. The number of hydrogen-bond donors (Lipinski definition) is 2. The molecule has 0 saturated carbocycles. The lowest BCUT2D eigenvalue weighted by Gasteiger charge is -2.11. The van der Waals surface area contributed by atoms with Crippen molar-refractivity contribution >= 4 is 17.6 Å². The maximum absolute atomic E-state index is 11.7. The zero-order valence-electron chi connectivity index (χ0n) is 15.0. The molecule has 0 radical (unpaired) electrons. The van der Waals surface area contributed by atoms with Crippen LogP contribution in [0.25, 0.3) is 11.4 Å². The number of esters is 1. The molecule has 0 spiro atoms. The van der Waals surface area contributed by atoms with Gasteiger partial charge in [0.2, 0.25) is 5.95 Å². The first-order valence-corrected chi connectivity index (χ1v) is 7.91. The molecule has 8 nitrogen and oxygen atoms in total. The molecule has 0 aliphatic rings. The third-order valence-electron chi connectivity index (χ3n) is 3.67. The highest BCUT2D eigenvalue weighted by molar-refractivity contribution is 5.87. The van der Waals surface area contributed by atoms with Crippen molar-refractivity contribution in [2.75, 3.05) is 19.5 Å². The molecule has 0 bridgehead atoms. The van der Waals surface area contributed by atoms with Crippen LogP contribution in [0.15, 0.2) is 30.5 Å². The highest BCUT2D eigenvalue weighted by atomic mass is 16.5. The number of benzene rings is 1. The summed E-state index contributed by atoms with van der Waals surface area (Å²) in [7, 11) is 2.91. The van der Waals surface area contributed by atoms with Gasteiger partial charge in [-0.2, -0.15) is 0 Å². The zero-order chi connectivity index (χ0) is 18.7. The van der Waals surface area contributed by atoms with Crippen LogP contribution in [0.5, 0.6) is 5.75 Å². The van der Waals surface area contributed by atoms with Gasteiger partial charge in [0, 0.05) is 23.6 Å². The number of aryl methyl sites for hydroxylation is 2. The Morgan fingerprint density at radius 1 is 1.08 bits per heavy atom.